The first-order valence-corrected chi connectivity index (χ1v) is 8.25. The van der Waals surface area contributed by atoms with Crippen molar-refractivity contribution in [2.75, 3.05) is 25.0 Å². The fourth-order valence-corrected chi connectivity index (χ4v) is 3.22. The number of carbonyl (C=O) groups excluding carboxylic acids is 1. The molecule has 6 nitrogen and oxygen atoms in total. The van der Waals surface area contributed by atoms with Crippen LogP contribution in [-0.2, 0) is 6.54 Å². The van der Waals surface area contributed by atoms with Gasteiger partial charge in [0.25, 0.3) is 0 Å². The summed E-state index contributed by atoms with van der Waals surface area (Å²) in [6.07, 6.45) is 3.98. The van der Waals surface area contributed by atoms with Gasteiger partial charge in [0.15, 0.2) is 5.82 Å². The molecule has 1 aliphatic heterocycles. The van der Waals surface area contributed by atoms with E-state index in [9.17, 15) is 4.79 Å². The van der Waals surface area contributed by atoms with Crippen molar-refractivity contribution < 1.29 is 4.79 Å². The number of nitrogens with zero attached hydrogens (tertiary/aromatic N) is 4. The maximum atomic E-state index is 11.3. The van der Waals surface area contributed by atoms with Crippen LogP contribution in [0.1, 0.15) is 28.8 Å². The molecule has 1 aromatic carbocycles. The van der Waals surface area contributed by atoms with Crippen LogP contribution in [0, 0.1) is 0 Å². The molecule has 2 N–H and O–H groups in total. The Morgan fingerprint density at radius 3 is 3.00 bits per heavy atom. The summed E-state index contributed by atoms with van der Waals surface area (Å²) in [6.45, 7) is 2.74. The van der Waals surface area contributed by atoms with Crippen LogP contribution in [0.25, 0.3) is 0 Å². The number of carbonyl (C=O) groups is 1. The second-order valence-electron chi connectivity index (χ2n) is 6.30. The molecule has 0 saturated carbocycles. The van der Waals surface area contributed by atoms with Gasteiger partial charge in [-0.25, -0.2) is 0 Å². The summed E-state index contributed by atoms with van der Waals surface area (Å²) in [5.74, 6) is 0.553. The van der Waals surface area contributed by atoms with Gasteiger partial charge in [-0.2, -0.15) is 5.10 Å². The highest BCUT2D eigenvalue weighted by atomic mass is 16.1. The molecule has 0 aliphatic carbocycles. The summed E-state index contributed by atoms with van der Waals surface area (Å²) in [6, 6.07) is 11.9. The van der Waals surface area contributed by atoms with Crippen molar-refractivity contribution in [3.63, 3.8) is 0 Å². The summed E-state index contributed by atoms with van der Waals surface area (Å²) in [4.78, 5) is 16.0. The molecule has 2 aromatic rings. The molecule has 2 heterocycles. The zero-order valence-electron chi connectivity index (χ0n) is 13.9. The lowest BCUT2D eigenvalue weighted by atomic mass is 10.0. The number of amides is 1. The third kappa shape index (κ3) is 3.89. The van der Waals surface area contributed by atoms with Crippen LogP contribution >= 0.6 is 0 Å². The normalized spacial score (nSPS) is 17.9. The van der Waals surface area contributed by atoms with Gasteiger partial charge in [0.05, 0.1) is 0 Å². The average molecular weight is 325 g/mol. The minimum Gasteiger partial charge on any atom is -0.366 e. The second-order valence-corrected chi connectivity index (χ2v) is 6.30. The largest absolute Gasteiger partial charge is 0.366 e. The van der Waals surface area contributed by atoms with Gasteiger partial charge in [0, 0.05) is 37.4 Å². The topological polar surface area (TPSA) is 75.3 Å². The van der Waals surface area contributed by atoms with Gasteiger partial charge >= 0.3 is 0 Å². The highest BCUT2D eigenvalue weighted by Crippen LogP contribution is 2.21. The molecule has 1 atom stereocenters. The summed E-state index contributed by atoms with van der Waals surface area (Å²) in [7, 11) is 2.13. The van der Waals surface area contributed by atoms with Crippen molar-refractivity contribution in [2.45, 2.75) is 25.4 Å². The lowest BCUT2D eigenvalue weighted by Gasteiger charge is -2.38. The molecule has 0 radical (unpaired) electrons. The van der Waals surface area contributed by atoms with E-state index in [1.807, 2.05) is 30.3 Å². The predicted molar refractivity (Wildman–Crippen MR) is 93.7 cm³/mol. The Kier molecular flexibility index (Phi) is 5.05. The third-order valence-corrected chi connectivity index (χ3v) is 4.55. The maximum Gasteiger partial charge on any atom is 0.248 e. The minimum atomic E-state index is -0.383. The SMILES string of the molecule is CN(Cc1cccc(C(N)=O)c1)[C@@H]1CCCN(c2cccnn2)C1. The molecular weight excluding hydrogens is 302 g/mol. The van der Waals surface area contributed by atoms with E-state index in [2.05, 4.69) is 27.0 Å². The summed E-state index contributed by atoms with van der Waals surface area (Å²) in [5.41, 5.74) is 7.03. The Hall–Kier alpha value is -2.47. The van der Waals surface area contributed by atoms with E-state index in [4.69, 9.17) is 5.73 Å². The zero-order chi connectivity index (χ0) is 16.9. The van der Waals surface area contributed by atoms with Gasteiger partial charge in [0.1, 0.15) is 0 Å². The summed E-state index contributed by atoms with van der Waals surface area (Å²) >= 11 is 0. The molecule has 6 heteroatoms. The highest BCUT2D eigenvalue weighted by molar-refractivity contribution is 5.92. The Morgan fingerprint density at radius 1 is 1.38 bits per heavy atom. The first-order valence-electron chi connectivity index (χ1n) is 8.25. The van der Waals surface area contributed by atoms with Crippen molar-refractivity contribution >= 4 is 11.7 Å². The van der Waals surface area contributed by atoms with Crippen LogP contribution in [0.3, 0.4) is 0 Å². The molecule has 3 rings (SSSR count). The molecule has 0 bridgehead atoms. The molecule has 24 heavy (non-hydrogen) atoms. The van der Waals surface area contributed by atoms with Gasteiger partial charge in [0.2, 0.25) is 5.91 Å². The lowest BCUT2D eigenvalue weighted by Crippen LogP contribution is -2.46. The summed E-state index contributed by atoms with van der Waals surface area (Å²) in [5, 5.41) is 8.19. The molecule has 1 fully saturated rings. The van der Waals surface area contributed by atoms with Crippen LogP contribution < -0.4 is 10.6 Å². The second kappa shape index (κ2) is 7.40. The van der Waals surface area contributed by atoms with E-state index in [1.54, 1.807) is 12.3 Å². The molecule has 0 unspecified atom stereocenters. The first kappa shape index (κ1) is 16.4. The fourth-order valence-electron chi connectivity index (χ4n) is 3.22. The number of hydrogen-bond donors (Lipinski definition) is 1. The van der Waals surface area contributed by atoms with Crippen molar-refractivity contribution in [2.24, 2.45) is 5.73 Å². The molecule has 126 valence electrons. The van der Waals surface area contributed by atoms with Crippen molar-refractivity contribution in [1.29, 1.82) is 0 Å². The maximum absolute atomic E-state index is 11.3. The van der Waals surface area contributed by atoms with Crippen LogP contribution in [0.2, 0.25) is 0 Å². The highest BCUT2D eigenvalue weighted by Gasteiger charge is 2.24. The predicted octanol–water partition coefficient (Wildman–Crippen LogP) is 1.68. The van der Waals surface area contributed by atoms with E-state index in [0.717, 1.165) is 43.9 Å². The zero-order valence-corrected chi connectivity index (χ0v) is 13.9. The number of aromatic nitrogens is 2. The van der Waals surface area contributed by atoms with Crippen molar-refractivity contribution in [3.05, 3.63) is 53.7 Å². The fraction of sp³-hybridized carbons (Fsp3) is 0.389. The van der Waals surface area contributed by atoms with Crippen LogP contribution in [0.4, 0.5) is 5.82 Å². The van der Waals surface area contributed by atoms with Crippen molar-refractivity contribution in [3.8, 4) is 0 Å². The number of hydrogen-bond acceptors (Lipinski definition) is 5. The molecule has 0 spiro atoms. The van der Waals surface area contributed by atoms with Crippen molar-refractivity contribution in [1.82, 2.24) is 15.1 Å². The van der Waals surface area contributed by atoms with E-state index < -0.39 is 0 Å². The monoisotopic (exact) mass is 325 g/mol. The molecule has 1 saturated heterocycles. The van der Waals surface area contributed by atoms with E-state index >= 15 is 0 Å². The van der Waals surface area contributed by atoms with Crippen LogP contribution in [-0.4, -0.2) is 47.2 Å². The molecule has 1 amide bonds. The number of piperidine rings is 1. The van der Waals surface area contributed by atoms with Gasteiger partial charge < -0.3 is 10.6 Å². The quantitative estimate of drug-likeness (QED) is 0.905. The number of benzene rings is 1. The molecule has 1 aliphatic rings. The Balaban J connectivity index is 1.65. The van der Waals surface area contributed by atoms with Gasteiger partial charge in [-0.3, -0.25) is 9.69 Å². The van der Waals surface area contributed by atoms with Gasteiger partial charge in [-0.1, -0.05) is 12.1 Å². The number of anilines is 1. The smallest absolute Gasteiger partial charge is 0.248 e. The van der Waals surface area contributed by atoms with E-state index in [-0.39, 0.29) is 5.91 Å². The first-order chi connectivity index (χ1) is 11.6. The van der Waals surface area contributed by atoms with E-state index in [1.165, 1.54) is 0 Å². The number of rotatable bonds is 5. The van der Waals surface area contributed by atoms with Gasteiger partial charge in [-0.05, 0) is 49.7 Å². The van der Waals surface area contributed by atoms with Crippen LogP contribution in [0.5, 0.6) is 0 Å². The third-order valence-electron chi connectivity index (χ3n) is 4.55. The average Bonchev–Trinajstić information content (AvgIpc) is 2.63. The Morgan fingerprint density at radius 2 is 2.25 bits per heavy atom. The lowest BCUT2D eigenvalue weighted by molar-refractivity contribution is 0.1000. The van der Waals surface area contributed by atoms with E-state index in [0.29, 0.717) is 11.6 Å². The standard InChI is InChI=1S/C18H23N5O/c1-22(12-14-5-2-6-15(11-14)18(19)24)16-7-4-10-23(13-16)17-8-3-9-20-21-17/h2-3,5-6,8-9,11,16H,4,7,10,12-13H2,1H3,(H2,19,24)/t16-/m1/s1. The summed E-state index contributed by atoms with van der Waals surface area (Å²) < 4.78 is 0. The molecular formula is C18H23N5O. The Labute approximate surface area is 142 Å². The minimum absolute atomic E-state index is 0.383. The number of likely N-dealkylation sites (N-methyl/N-ethyl adjacent to an activating group) is 1. The molecule has 1 aromatic heterocycles. The number of nitrogens with two attached hydrogens (primary N) is 1. The Bertz CT molecular complexity index is 691. The van der Waals surface area contributed by atoms with Crippen LogP contribution in [0.15, 0.2) is 42.6 Å². The van der Waals surface area contributed by atoms with Gasteiger partial charge in [-0.15, -0.1) is 5.10 Å². The number of primary amides is 1.